The summed E-state index contributed by atoms with van der Waals surface area (Å²) in [4.78, 5) is 4.50. The fraction of sp³-hybridized carbons (Fsp3) is 0.650. The highest BCUT2D eigenvalue weighted by atomic mass is 127. The molecule has 3 unspecified atom stereocenters. The maximum atomic E-state index is 10.5. The molecule has 0 radical (unpaired) electrons. The minimum Gasteiger partial charge on any atom is -0.497 e. The van der Waals surface area contributed by atoms with Gasteiger partial charge in [-0.2, -0.15) is 0 Å². The molecule has 0 amide bonds. The Morgan fingerprint density at radius 1 is 1.28 bits per heavy atom. The van der Waals surface area contributed by atoms with Crippen LogP contribution in [-0.2, 0) is 9.47 Å². The van der Waals surface area contributed by atoms with E-state index in [9.17, 15) is 5.11 Å². The second-order valence-corrected chi connectivity index (χ2v) is 6.75. The molecule has 1 heterocycles. The summed E-state index contributed by atoms with van der Waals surface area (Å²) in [5.74, 6) is 1.89. The number of benzene rings is 1. The van der Waals surface area contributed by atoms with Gasteiger partial charge < -0.3 is 34.7 Å². The lowest BCUT2D eigenvalue weighted by molar-refractivity contribution is 0.0347. The average Bonchev–Trinajstić information content (AvgIpc) is 3.23. The van der Waals surface area contributed by atoms with Crippen molar-refractivity contribution >= 4 is 29.9 Å². The fourth-order valence-corrected chi connectivity index (χ4v) is 2.82. The highest BCUT2D eigenvalue weighted by Crippen LogP contribution is 2.26. The first-order chi connectivity index (χ1) is 13.5. The van der Waals surface area contributed by atoms with Crippen molar-refractivity contribution in [3.8, 4) is 11.5 Å². The molecule has 29 heavy (non-hydrogen) atoms. The fourth-order valence-electron chi connectivity index (χ4n) is 2.82. The molecule has 9 heteroatoms. The molecule has 1 aromatic carbocycles. The number of nitrogens with zero attached hydrogens (tertiary/aromatic N) is 1. The zero-order valence-corrected chi connectivity index (χ0v) is 20.0. The summed E-state index contributed by atoms with van der Waals surface area (Å²) in [6.07, 6.45) is 0.340. The van der Waals surface area contributed by atoms with Crippen molar-refractivity contribution in [2.24, 2.45) is 4.99 Å². The zero-order chi connectivity index (χ0) is 20.4. The predicted molar refractivity (Wildman–Crippen MR) is 124 cm³/mol. The number of aliphatic hydroxyl groups is 1. The SMILES string of the molecule is CCNC(=NCC(O)c1cc(OC)cc(OC)c1)NC(C)COC1CCOC1.I. The normalized spacial score (nSPS) is 18.5. The van der Waals surface area contributed by atoms with Gasteiger partial charge in [-0.3, -0.25) is 4.99 Å². The first-order valence-electron chi connectivity index (χ1n) is 9.70. The second kappa shape index (κ2) is 13.8. The Kier molecular flexibility index (Phi) is 12.3. The molecular formula is C20H34IN3O5. The summed E-state index contributed by atoms with van der Waals surface area (Å²) < 4.78 is 21.7. The van der Waals surface area contributed by atoms with E-state index in [1.807, 2.05) is 13.8 Å². The van der Waals surface area contributed by atoms with Crippen molar-refractivity contribution < 1.29 is 24.1 Å². The third-order valence-electron chi connectivity index (χ3n) is 4.38. The molecule has 1 aromatic rings. The Balaban J connectivity index is 0.00000420. The van der Waals surface area contributed by atoms with Crippen LogP contribution in [0.15, 0.2) is 23.2 Å². The summed E-state index contributed by atoms with van der Waals surface area (Å²) in [5.41, 5.74) is 0.688. The molecule has 0 aliphatic carbocycles. The van der Waals surface area contributed by atoms with E-state index in [1.54, 1.807) is 32.4 Å². The maximum absolute atomic E-state index is 10.5. The van der Waals surface area contributed by atoms with Crippen LogP contribution >= 0.6 is 24.0 Å². The molecule has 3 atom stereocenters. The highest BCUT2D eigenvalue weighted by molar-refractivity contribution is 14.0. The minimum absolute atomic E-state index is 0. The summed E-state index contributed by atoms with van der Waals surface area (Å²) in [7, 11) is 3.16. The van der Waals surface area contributed by atoms with Crippen LogP contribution in [0.1, 0.15) is 31.9 Å². The van der Waals surface area contributed by atoms with E-state index in [2.05, 4.69) is 15.6 Å². The van der Waals surface area contributed by atoms with Gasteiger partial charge in [-0.05, 0) is 38.0 Å². The quantitative estimate of drug-likeness (QED) is 0.246. The van der Waals surface area contributed by atoms with Crippen LogP contribution in [0, 0.1) is 0 Å². The van der Waals surface area contributed by atoms with Crippen LogP contribution in [0.2, 0.25) is 0 Å². The van der Waals surface area contributed by atoms with Gasteiger partial charge in [0.2, 0.25) is 0 Å². The number of nitrogens with one attached hydrogen (secondary N) is 2. The largest absolute Gasteiger partial charge is 0.497 e. The molecule has 1 saturated heterocycles. The number of halogens is 1. The number of aliphatic hydroxyl groups excluding tert-OH is 1. The first-order valence-corrected chi connectivity index (χ1v) is 9.70. The lowest BCUT2D eigenvalue weighted by Crippen LogP contribution is -2.44. The third kappa shape index (κ3) is 8.93. The van der Waals surface area contributed by atoms with Crippen molar-refractivity contribution in [2.75, 3.05) is 47.1 Å². The average molecular weight is 523 g/mol. The van der Waals surface area contributed by atoms with E-state index in [0.717, 1.165) is 19.6 Å². The summed E-state index contributed by atoms with van der Waals surface area (Å²) >= 11 is 0. The summed E-state index contributed by atoms with van der Waals surface area (Å²) in [6.45, 7) is 6.95. The Morgan fingerprint density at radius 3 is 2.52 bits per heavy atom. The van der Waals surface area contributed by atoms with Gasteiger partial charge >= 0.3 is 0 Å². The molecule has 1 fully saturated rings. The number of methoxy groups -OCH3 is 2. The van der Waals surface area contributed by atoms with Gasteiger partial charge in [0.1, 0.15) is 11.5 Å². The molecule has 0 bridgehead atoms. The summed E-state index contributed by atoms with van der Waals surface area (Å²) in [5, 5.41) is 17.0. The van der Waals surface area contributed by atoms with E-state index in [-0.39, 0.29) is 42.7 Å². The Hall–Kier alpha value is -1.30. The van der Waals surface area contributed by atoms with Gasteiger partial charge in [-0.1, -0.05) is 0 Å². The lowest BCUT2D eigenvalue weighted by atomic mass is 10.1. The van der Waals surface area contributed by atoms with Crippen LogP contribution in [0.5, 0.6) is 11.5 Å². The van der Waals surface area contributed by atoms with Gasteiger partial charge in [-0.15, -0.1) is 24.0 Å². The number of hydrogen-bond acceptors (Lipinski definition) is 6. The van der Waals surface area contributed by atoms with Gasteiger partial charge in [0.25, 0.3) is 0 Å². The molecule has 1 aliphatic heterocycles. The van der Waals surface area contributed by atoms with Gasteiger partial charge in [0, 0.05) is 25.3 Å². The van der Waals surface area contributed by atoms with Crippen LogP contribution in [0.3, 0.4) is 0 Å². The molecule has 0 aromatic heterocycles. The zero-order valence-electron chi connectivity index (χ0n) is 17.6. The summed E-state index contributed by atoms with van der Waals surface area (Å²) in [6, 6.07) is 5.40. The number of ether oxygens (including phenoxy) is 4. The number of rotatable bonds is 10. The molecule has 3 N–H and O–H groups in total. The first kappa shape index (κ1) is 25.7. The van der Waals surface area contributed by atoms with Crippen LogP contribution < -0.4 is 20.1 Å². The monoisotopic (exact) mass is 523 g/mol. The van der Waals surface area contributed by atoms with E-state index in [0.29, 0.717) is 36.2 Å². The lowest BCUT2D eigenvalue weighted by Gasteiger charge is -2.20. The topological polar surface area (TPSA) is 93.6 Å². The van der Waals surface area contributed by atoms with E-state index in [1.165, 1.54) is 0 Å². The van der Waals surface area contributed by atoms with Crippen LogP contribution in [-0.4, -0.2) is 70.3 Å². The molecule has 166 valence electrons. The molecular weight excluding hydrogens is 489 g/mol. The van der Waals surface area contributed by atoms with Crippen molar-refractivity contribution in [1.82, 2.24) is 10.6 Å². The Bertz CT molecular complexity index is 604. The second-order valence-electron chi connectivity index (χ2n) is 6.75. The standard InChI is InChI=1S/C20H33N3O5.HI/c1-5-21-20(23-14(2)12-28-16-6-7-27-13-16)22-11-19(24)15-8-17(25-3)10-18(9-15)26-4;/h8-10,14,16,19,24H,5-7,11-13H2,1-4H3,(H2,21,22,23);1H. The van der Waals surface area contributed by atoms with Crippen molar-refractivity contribution in [1.29, 1.82) is 0 Å². The molecule has 1 aliphatic rings. The minimum atomic E-state index is -0.776. The van der Waals surface area contributed by atoms with Crippen LogP contribution in [0.4, 0.5) is 0 Å². The van der Waals surface area contributed by atoms with Crippen molar-refractivity contribution in [3.63, 3.8) is 0 Å². The van der Waals surface area contributed by atoms with Crippen LogP contribution in [0.25, 0.3) is 0 Å². The molecule has 0 spiro atoms. The van der Waals surface area contributed by atoms with E-state index >= 15 is 0 Å². The Labute approximate surface area is 190 Å². The maximum Gasteiger partial charge on any atom is 0.191 e. The number of hydrogen-bond donors (Lipinski definition) is 3. The van der Waals surface area contributed by atoms with Gasteiger partial charge in [0.15, 0.2) is 5.96 Å². The highest BCUT2D eigenvalue weighted by Gasteiger charge is 2.17. The molecule has 0 saturated carbocycles. The predicted octanol–water partition coefficient (Wildman–Crippen LogP) is 2.10. The Morgan fingerprint density at radius 2 is 1.97 bits per heavy atom. The molecule has 2 rings (SSSR count). The molecule has 8 nitrogen and oxygen atoms in total. The van der Waals surface area contributed by atoms with E-state index in [4.69, 9.17) is 18.9 Å². The van der Waals surface area contributed by atoms with Gasteiger partial charge in [0.05, 0.1) is 46.2 Å². The van der Waals surface area contributed by atoms with E-state index < -0.39 is 6.10 Å². The third-order valence-corrected chi connectivity index (χ3v) is 4.38. The van der Waals surface area contributed by atoms with Gasteiger partial charge in [-0.25, -0.2) is 0 Å². The van der Waals surface area contributed by atoms with Crippen molar-refractivity contribution in [2.45, 2.75) is 38.5 Å². The number of guanidine groups is 1. The van der Waals surface area contributed by atoms with Crippen molar-refractivity contribution in [3.05, 3.63) is 23.8 Å². The number of aliphatic imine (C=N–C) groups is 1. The smallest absolute Gasteiger partial charge is 0.191 e.